The van der Waals surface area contributed by atoms with Crippen molar-refractivity contribution in [3.8, 4) is 11.1 Å². The van der Waals surface area contributed by atoms with E-state index in [4.69, 9.17) is 18.0 Å². The fraction of sp³-hybridized carbons (Fsp3) is 0.154. The van der Waals surface area contributed by atoms with Crippen LogP contribution in [-0.2, 0) is 6.42 Å². The maximum absolute atomic E-state index is 11.4. The summed E-state index contributed by atoms with van der Waals surface area (Å²) in [6.45, 7) is 0. The molecule has 3 heterocycles. The van der Waals surface area contributed by atoms with Gasteiger partial charge in [-0.2, -0.15) is 0 Å². The SMILES string of the molecule is NC(=S)c1cc2c(cn1)SCCc1[nH]c(=O)ccc1-2. The molecule has 0 saturated carbocycles. The van der Waals surface area contributed by atoms with Gasteiger partial charge in [0.25, 0.3) is 0 Å². The Labute approximate surface area is 119 Å². The number of fused-ring (bicyclic) bond motifs is 3. The Morgan fingerprint density at radius 2 is 2.26 bits per heavy atom. The van der Waals surface area contributed by atoms with Gasteiger partial charge in [0.05, 0.1) is 5.69 Å². The number of pyridine rings is 2. The second-order valence-corrected chi connectivity index (χ2v) is 5.82. The van der Waals surface area contributed by atoms with E-state index in [0.717, 1.165) is 33.9 Å². The zero-order valence-corrected chi connectivity index (χ0v) is 11.6. The summed E-state index contributed by atoms with van der Waals surface area (Å²) < 4.78 is 0. The number of nitrogens with zero attached hydrogens (tertiary/aromatic N) is 1. The van der Waals surface area contributed by atoms with Gasteiger partial charge in [0.2, 0.25) is 5.56 Å². The third-order valence-corrected chi connectivity index (χ3v) is 4.27. The topological polar surface area (TPSA) is 71.8 Å². The lowest BCUT2D eigenvalue weighted by Gasteiger charge is -2.09. The average molecular weight is 289 g/mol. The van der Waals surface area contributed by atoms with Crippen LogP contribution < -0.4 is 11.3 Å². The van der Waals surface area contributed by atoms with Crippen molar-refractivity contribution in [3.05, 3.63) is 46.1 Å². The molecule has 0 radical (unpaired) electrons. The first-order chi connectivity index (χ1) is 9.15. The van der Waals surface area contributed by atoms with Gasteiger partial charge < -0.3 is 10.7 Å². The number of aryl methyl sites for hydroxylation is 1. The van der Waals surface area contributed by atoms with Gasteiger partial charge in [-0.3, -0.25) is 9.78 Å². The first-order valence-electron chi connectivity index (χ1n) is 5.80. The Kier molecular flexibility index (Phi) is 3.12. The summed E-state index contributed by atoms with van der Waals surface area (Å²) in [5, 5.41) is 0. The highest BCUT2D eigenvalue weighted by molar-refractivity contribution is 7.99. The number of hydrogen-bond acceptors (Lipinski definition) is 4. The summed E-state index contributed by atoms with van der Waals surface area (Å²) in [6, 6.07) is 5.29. The summed E-state index contributed by atoms with van der Waals surface area (Å²) in [4.78, 5) is 20.0. The number of aromatic nitrogens is 2. The molecule has 3 N–H and O–H groups in total. The zero-order valence-electron chi connectivity index (χ0n) is 9.97. The molecule has 0 fully saturated rings. The molecular formula is C13H11N3OS2. The van der Waals surface area contributed by atoms with Crippen LogP contribution in [0, 0.1) is 0 Å². The Hall–Kier alpha value is -1.66. The van der Waals surface area contributed by atoms with E-state index in [2.05, 4.69) is 9.97 Å². The van der Waals surface area contributed by atoms with Gasteiger partial charge in [0, 0.05) is 39.7 Å². The predicted octanol–water partition coefficient (Wildman–Crippen LogP) is 1.72. The van der Waals surface area contributed by atoms with Crippen LogP contribution in [0.15, 0.2) is 34.1 Å². The van der Waals surface area contributed by atoms with Crippen LogP contribution in [0.1, 0.15) is 11.4 Å². The Morgan fingerprint density at radius 3 is 3.05 bits per heavy atom. The number of nitrogens with two attached hydrogens (primary N) is 1. The molecule has 0 atom stereocenters. The highest BCUT2D eigenvalue weighted by Gasteiger charge is 2.17. The monoisotopic (exact) mass is 289 g/mol. The molecule has 0 aromatic carbocycles. The Balaban J connectivity index is 2.26. The minimum Gasteiger partial charge on any atom is -0.388 e. The summed E-state index contributed by atoms with van der Waals surface area (Å²) in [5.74, 6) is 0.911. The summed E-state index contributed by atoms with van der Waals surface area (Å²) in [6.07, 6.45) is 2.63. The van der Waals surface area contributed by atoms with Crippen molar-refractivity contribution >= 4 is 29.0 Å². The average Bonchev–Trinajstić information content (AvgIpc) is 2.56. The molecule has 19 heavy (non-hydrogen) atoms. The predicted molar refractivity (Wildman–Crippen MR) is 80.6 cm³/mol. The number of thioether (sulfide) groups is 1. The van der Waals surface area contributed by atoms with Crippen molar-refractivity contribution in [1.82, 2.24) is 9.97 Å². The van der Waals surface area contributed by atoms with Crippen LogP contribution >= 0.6 is 24.0 Å². The molecule has 6 heteroatoms. The van der Waals surface area contributed by atoms with Crippen LogP contribution in [0.2, 0.25) is 0 Å². The van der Waals surface area contributed by atoms with Crippen LogP contribution in [0.4, 0.5) is 0 Å². The second-order valence-electron chi connectivity index (χ2n) is 4.24. The van der Waals surface area contributed by atoms with Gasteiger partial charge in [-0.05, 0) is 18.6 Å². The molecular weight excluding hydrogens is 278 g/mol. The molecule has 0 unspecified atom stereocenters. The first kappa shape index (κ1) is 12.4. The third kappa shape index (κ3) is 2.29. The van der Waals surface area contributed by atoms with E-state index in [1.807, 2.05) is 12.1 Å². The minimum atomic E-state index is -0.0733. The fourth-order valence-corrected chi connectivity index (χ4v) is 3.22. The second kappa shape index (κ2) is 4.79. The van der Waals surface area contributed by atoms with E-state index in [-0.39, 0.29) is 10.5 Å². The van der Waals surface area contributed by atoms with Crippen molar-refractivity contribution in [3.63, 3.8) is 0 Å². The molecule has 0 saturated heterocycles. The van der Waals surface area contributed by atoms with Crippen molar-refractivity contribution in [2.45, 2.75) is 11.3 Å². The van der Waals surface area contributed by atoms with Gasteiger partial charge in [0.1, 0.15) is 4.99 Å². The van der Waals surface area contributed by atoms with Crippen LogP contribution in [-0.4, -0.2) is 20.7 Å². The molecule has 1 aliphatic rings. The number of hydrogen-bond donors (Lipinski definition) is 2. The number of nitrogens with one attached hydrogen (secondary N) is 1. The van der Waals surface area contributed by atoms with E-state index in [9.17, 15) is 4.79 Å². The number of thiocarbonyl (C=S) groups is 1. The van der Waals surface area contributed by atoms with E-state index in [1.165, 1.54) is 0 Å². The Morgan fingerprint density at radius 1 is 1.42 bits per heavy atom. The van der Waals surface area contributed by atoms with Crippen molar-refractivity contribution < 1.29 is 0 Å². The molecule has 2 aromatic rings. The molecule has 4 nitrogen and oxygen atoms in total. The largest absolute Gasteiger partial charge is 0.388 e. The number of aromatic amines is 1. The lowest BCUT2D eigenvalue weighted by atomic mass is 10.0. The summed E-state index contributed by atoms with van der Waals surface area (Å²) in [7, 11) is 0. The molecule has 0 spiro atoms. The lowest BCUT2D eigenvalue weighted by molar-refractivity contribution is 1.03. The van der Waals surface area contributed by atoms with Gasteiger partial charge >= 0.3 is 0 Å². The lowest BCUT2D eigenvalue weighted by Crippen LogP contribution is -2.12. The molecule has 3 rings (SSSR count). The maximum atomic E-state index is 11.4. The van der Waals surface area contributed by atoms with Crippen molar-refractivity contribution in [2.24, 2.45) is 5.73 Å². The number of rotatable bonds is 1. The molecule has 0 amide bonds. The maximum Gasteiger partial charge on any atom is 0.248 e. The van der Waals surface area contributed by atoms with Gasteiger partial charge in [-0.25, -0.2) is 0 Å². The highest BCUT2D eigenvalue weighted by Crippen LogP contribution is 2.36. The summed E-state index contributed by atoms with van der Waals surface area (Å²) >= 11 is 6.69. The highest BCUT2D eigenvalue weighted by atomic mass is 32.2. The number of H-pyrrole nitrogens is 1. The standard InChI is InChI=1S/C13H11N3OS2/c14-13(18)10-5-8-7-1-2-12(17)16-9(7)3-4-19-11(8)6-15-10/h1-2,5-6H,3-4H2,(H2,14,18)(H,16,17). The van der Waals surface area contributed by atoms with Crippen LogP contribution in [0.3, 0.4) is 0 Å². The van der Waals surface area contributed by atoms with Crippen molar-refractivity contribution in [2.75, 3.05) is 5.75 Å². The van der Waals surface area contributed by atoms with Crippen LogP contribution in [0.25, 0.3) is 11.1 Å². The molecule has 96 valence electrons. The van der Waals surface area contributed by atoms with Crippen molar-refractivity contribution in [1.29, 1.82) is 0 Å². The first-order valence-corrected chi connectivity index (χ1v) is 7.20. The molecule has 0 bridgehead atoms. The van der Waals surface area contributed by atoms with Gasteiger partial charge in [-0.1, -0.05) is 12.2 Å². The minimum absolute atomic E-state index is 0.0733. The van der Waals surface area contributed by atoms with E-state index >= 15 is 0 Å². The van der Waals surface area contributed by atoms with E-state index in [1.54, 1.807) is 24.0 Å². The fourth-order valence-electron chi connectivity index (χ4n) is 2.13. The third-order valence-electron chi connectivity index (χ3n) is 3.02. The van der Waals surface area contributed by atoms with Crippen LogP contribution in [0.5, 0.6) is 0 Å². The Bertz CT molecular complexity index is 724. The quantitative estimate of drug-likeness (QED) is 0.782. The smallest absolute Gasteiger partial charge is 0.248 e. The summed E-state index contributed by atoms with van der Waals surface area (Å²) in [5.41, 5.74) is 9.18. The zero-order chi connectivity index (χ0) is 13.4. The molecule has 2 aromatic heterocycles. The molecule has 0 aliphatic carbocycles. The van der Waals surface area contributed by atoms with E-state index in [0.29, 0.717) is 5.69 Å². The van der Waals surface area contributed by atoms with Gasteiger partial charge in [-0.15, -0.1) is 11.8 Å². The molecule has 1 aliphatic heterocycles. The normalized spacial score (nSPS) is 13.3. The van der Waals surface area contributed by atoms with E-state index < -0.39 is 0 Å². The van der Waals surface area contributed by atoms with Gasteiger partial charge in [0.15, 0.2) is 0 Å².